The van der Waals surface area contributed by atoms with Crippen molar-refractivity contribution in [3.63, 3.8) is 0 Å². The minimum Gasteiger partial charge on any atom is -0.332 e. The highest BCUT2D eigenvalue weighted by Crippen LogP contribution is 2.41. The minimum absolute atomic E-state index is 0.0681. The van der Waals surface area contributed by atoms with Crippen LogP contribution in [-0.4, -0.2) is 53.7 Å². The Morgan fingerprint density at radius 3 is 2.72 bits per heavy atom. The van der Waals surface area contributed by atoms with Crippen LogP contribution in [0.4, 0.5) is 10.6 Å². The summed E-state index contributed by atoms with van der Waals surface area (Å²) in [6, 6.07) is 1.24. The maximum absolute atomic E-state index is 12.5. The zero-order valence-electron chi connectivity index (χ0n) is 14.1. The molecule has 1 saturated heterocycles. The summed E-state index contributed by atoms with van der Waals surface area (Å²) in [4.78, 5) is 26.8. The van der Waals surface area contributed by atoms with Gasteiger partial charge >= 0.3 is 6.03 Å². The predicted octanol–water partition coefficient (Wildman–Crippen LogP) is 0.175. The van der Waals surface area contributed by atoms with Gasteiger partial charge in [-0.3, -0.25) is 19.5 Å². The van der Waals surface area contributed by atoms with E-state index in [1.807, 2.05) is 18.0 Å². The first-order chi connectivity index (χ1) is 12.0. The van der Waals surface area contributed by atoms with Crippen LogP contribution < -0.4 is 10.6 Å². The van der Waals surface area contributed by atoms with E-state index >= 15 is 0 Å². The Morgan fingerprint density at radius 1 is 1.32 bits per heavy atom. The molecule has 2 N–H and O–H groups in total. The summed E-state index contributed by atoms with van der Waals surface area (Å²) >= 11 is 0. The molecule has 1 aliphatic heterocycles. The lowest BCUT2D eigenvalue weighted by atomic mass is 10.1. The molecular formula is C15H20N8O2. The maximum Gasteiger partial charge on any atom is 0.320 e. The van der Waals surface area contributed by atoms with Crippen LogP contribution in [0.5, 0.6) is 0 Å². The molecule has 10 heteroatoms. The number of hydrogen-bond acceptors (Lipinski definition) is 5. The van der Waals surface area contributed by atoms with Crippen molar-refractivity contribution in [2.45, 2.75) is 37.4 Å². The second-order valence-electron chi connectivity index (χ2n) is 6.54. The number of hydrogen-bond donors (Lipinski definition) is 2. The number of aryl methyl sites for hydroxylation is 2. The van der Waals surface area contributed by atoms with E-state index in [9.17, 15) is 9.59 Å². The van der Waals surface area contributed by atoms with Crippen LogP contribution in [0, 0.1) is 0 Å². The number of carbonyl (C=O) groups excluding carboxylic acids is 2. The van der Waals surface area contributed by atoms with Gasteiger partial charge in [-0.2, -0.15) is 5.10 Å². The average Bonchev–Trinajstić information content (AvgIpc) is 3.05. The number of likely N-dealkylation sites (tertiary alicyclic amines) is 1. The first kappa shape index (κ1) is 15.6. The summed E-state index contributed by atoms with van der Waals surface area (Å²) in [6.45, 7) is 0. The van der Waals surface area contributed by atoms with Crippen molar-refractivity contribution in [3.8, 4) is 0 Å². The van der Waals surface area contributed by atoms with E-state index in [2.05, 4.69) is 26.0 Å². The van der Waals surface area contributed by atoms with Crippen molar-refractivity contribution >= 4 is 17.8 Å². The van der Waals surface area contributed by atoms with Crippen molar-refractivity contribution in [1.29, 1.82) is 0 Å². The van der Waals surface area contributed by atoms with Crippen LogP contribution in [-0.2, 0) is 18.9 Å². The number of nitrogens with one attached hydrogen (secondary N) is 2. The SMILES string of the molecule is Cn1cc(NC(=O)N[C@@H]2CC(=O)N(C3CC3)[C@H]2c2ccnn2C)nn1. The van der Waals surface area contributed by atoms with Gasteiger partial charge in [-0.15, -0.1) is 5.10 Å². The van der Waals surface area contributed by atoms with Gasteiger partial charge in [0.15, 0.2) is 5.82 Å². The van der Waals surface area contributed by atoms with E-state index in [1.54, 1.807) is 24.1 Å². The fraction of sp³-hybridized carbons (Fsp3) is 0.533. The Kier molecular flexibility index (Phi) is 3.66. The molecule has 3 amide bonds. The third-order valence-corrected chi connectivity index (χ3v) is 4.63. The lowest BCUT2D eigenvalue weighted by molar-refractivity contribution is -0.129. The van der Waals surface area contributed by atoms with Crippen LogP contribution in [0.3, 0.4) is 0 Å². The molecule has 4 rings (SSSR count). The molecule has 132 valence electrons. The number of nitrogens with zero attached hydrogens (tertiary/aromatic N) is 6. The van der Waals surface area contributed by atoms with Gasteiger partial charge in [0.1, 0.15) is 0 Å². The minimum atomic E-state index is -0.400. The lowest BCUT2D eigenvalue weighted by Crippen LogP contribution is -2.43. The summed E-state index contributed by atoms with van der Waals surface area (Å²) in [6.07, 6.45) is 5.62. The Bertz CT molecular complexity index is 808. The Morgan fingerprint density at radius 2 is 2.12 bits per heavy atom. The molecule has 0 bridgehead atoms. The van der Waals surface area contributed by atoms with Crippen molar-refractivity contribution in [2.24, 2.45) is 14.1 Å². The summed E-state index contributed by atoms with van der Waals surface area (Å²) in [5.41, 5.74) is 0.919. The van der Waals surface area contributed by atoms with E-state index < -0.39 is 6.03 Å². The Labute approximate surface area is 144 Å². The molecule has 0 radical (unpaired) electrons. The second-order valence-corrected chi connectivity index (χ2v) is 6.54. The van der Waals surface area contributed by atoms with Crippen LogP contribution in [0.25, 0.3) is 0 Å². The van der Waals surface area contributed by atoms with Crippen molar-refractivity contribution in [1.82, 2.24) is 35.0 Å². The molecule has 0 spiro atoms. The van der Waals surface area contributed by atoms with Crippen LogP contribution in [0.1, 0.15) is 31.0 Å². The average molecular weight is 344 g/mol. The second kappa shape index (κ2) is 5.87. The first-order valence-electron chi connectivity index (χ1n) is 8.26. The number of urea groups is 1. The van der Waals surface area contributed by atoms with E-state index in [0.29, 0.717) is 5.82 Å². The molecule has 3 heterocycles. The molecule has 0 unspecified atom stereocenters. The van der Waals surface area contributed by atoms with Gasteiger partial charge in [-0.25, -0.2) is 4.79 Å². The van der Waals surface area contributed by atoms with E-state index in [-0.39, 0.29) is 30.5 Å². The fourth-order valence-corrected chi connectivity index (χ4v) is 3.42. The van der Waals surface area contributed by atoms with Crippen molar-refractivity contribution in [3.05, 3.63) is 24.2 Å². The molecule has 2 aromatic heterocycles. The number of rotatable bonds is 4. The maximum atomic E-state index is 12.5. The first-order valence-corrected chi connectivity index (χ1v) is 8.26. The molecule has 0 aromatic carbocycles. The van der Waals surface area contributed by atoms with Gasteiger partial charge < -0.3 is 10.2 Å². The number of anilines is 1. The van der Waals surface area contributed by atoms with Gasteiger partial charge in [-0.05, 0) is 18.9 Å². The summed E-state index contributed by atoms with van der Waals surface area (Å²) < 4.78 is 3.26. The van der Waals surface area contributed by atoms with Gasteiger partial charge in [0.25, 0.3) is 0 Å². The monoisotopic (exact) mass is 344 g/mol. The Balaban J connectivity index is 1.53. The molecule has 1 aliphatic carbocycles. The molecular weight excluding hydrogens is 324 g/mol. The fourth-order valence-electron chi connectivity index (χ4n) is 3.42. The zero-order chi connectivity index (χ0) is 17.6. The highest BCUT2D eigenvalue weighted by atomic mass is 16.2. The normalized spacial score (nSPS) is 23.1. The molecule has 2 aromatic rings. The summed E-state index contributed by atoms with van der Waals surface area (Å²) in [7, 11) is 3.57. The molecule has 2 aliphatic rings. The molecule has 10 nitrogen and oxygen atoms in total. The van der Waals surface area contributed by atoms with Crippen LogP contribution in [0.2, 0.25) is 0 Å². The molecule has 2 atom stereocenters. The third kappa shape index (κ3) is 2.94. The smallest absolute Gasteiger partial charge is 0.320 e. The molecule has 1 saturated carbocycles. The standard InChI is InChI=1S/C15H20N8O2/c1-21-8-12(19-20-21)18-15(25)17-10-7-13(24)23(9-3-4-9)14(10)11-5-6-16-22(11)2/h5-6,8-10,14H,3-4,7H2,1-2H3,(H2,17,18,25)/t10-,14-/m1/s1. The number of carbonyl (C=O) groups is 2. The lowest BCUT2D eigenvalue weighted by Gasteiger charge is -2.28. The highest BCUT2D eigenvalue weighted by Gasteiger charge is 2.48. The van der Waals surface area contributed by atoms with Crippen molar-refractivity contribution in [2.75, 3.05) is 5.32 Å². The van der Waals surface area contributed by atoms with Gasteiger partial charge in [0.05, 0.1) is 24.0 Å². The van der Waals surface area contributed by atoms with E-state index in [4.69, 9.17) is 0 Å². The van der Waals surface area contributed by atoms with E-state index in [1.165, 1.54) is 4.68 Å². The summed E-state index contributed by atoms with van der Waals surface area (Å²) in [5.74, 6) is 0.430. The zero-order valence-corrected chi connectivity index (χ0v) is 14.1. The number of aromatic nitrogens is 5. The van der Waals surface area contributed by atoms with Gasteiger partial charge in [0, 0.05) is 32.8 Å². The van der Waals surface area contributed by atoms with E-state index in [0.717, 1.165) is 18.5 Å². The van der Waals surface area contributed by atoms with Gasteiger partial charge in [0.2, 0.25) is 5.91 Å². The van der Waals surface area contributed by atoms with Crippen molar-refractivity contribution < 1.29 is 9.59 Å². The quantitative estimate of drug-likeness (QED) is 0.822. The van der Waals surface area contributed by atoms with Gasteiger partial charge in [-0.1, -0.05) is 5.21 Å². The topological polar surface area (TPSA) is 110 Å². The largest absolute Gasteiger partial charge is 0.332 e. The van der Waals surface area contributed by atoms with Crippen LogP contribution in [0.15, 0.2) is 18.5 Å². The third-order valence-electron chi connectivity index (χ3n) is 4.63. The molecule has 2 fully saturated rings. The number of amides is 3. The predicted molar refractivity (Wildman–Crippen MR) is 87.4 cm³/mol. The molecule has 25 heavy (non-hydrogen) atoms. The summed E-state index contributed by atoms with van der Waals surface area (Å²) in [5, 5.41) is 17.4. The Hall–Kier alpha value is -2.91. The highest BCUT2D eigenvalue weighted by molar-refractivity contribution is 5.89. The van der Waals surface area contributed by atoms with Crippen LogP contribution >= 0.6 is 0 Å².